The quantitative estimate of drug-likeness (QED) is 0.623. The summed E-state index contributed by atoms with van der Waals surface area (Å²) < 4.78 is 26.7. The van der Waals surface area contributed by atoms with Crippen molar-refractivity contribution in [1.82, 2.24) is 4.31 Å². The SMILES string of the molecule is Cc1ccc(S(=O)(=O)N2C(=O)C(c3ccccc3)=C(c3ccccc3)C2=O)cc1. The van der Waals surface area contributed by atoms with Crippen molar-refractivity contribution in [3.63, 3.8) is 0 Å². The minimum atomic E-state index is -4.34. The molecule has 0 atom stereocenters. The van der Waals surface area contributed by atoms with Gasteiger partial charge in [0.1, 0.15) is 0 Å². The number of rotatable bonds is 4. The highest BCUT2D eigenvalue weighted by atomic mass is 32.2. The van der Waals surface area contributed by atoms with Crippen LogP contribution in [0.25, 0.3) is 11.1 Å². The van der Waals surface area contributed by atoms with Gasteiger partial charge in [-0.1, -0.05) is 78.4 Å². The van der Waals surface area contributed by atoms with Crippen LogP contribution >= 0.6 is 0 Å². The number of aryl methyl sites for hydroxylation is 1. The first-order valence-corrected chi connectivity index (χ1v) is 10.4. The third kappa shape index (κ3) is 3.17. The Morgan fingerprint density at radius 3 is 1.45 bits per heavy atom. The first kappa shape index (κ1) is 18.8. The van der Waals surface area contributed by atoms with Crippen molar-refractivity contribution in [2.45, 2.75) is 11.8 Å². The zero-order valence-electron chi connectivity index (χ0n) is 15.6. The Balaban J connectivity index is 1.90. The zero-order valence-corrected chi connectivity index (χ0v) is 16.4. The number of hydrogen-bond acceptors (Lipinski definition) is 4. The summed E-state index contributed by atoms with van der Waals surface area (Å²) in [4.78, 5) is 26.4. The van der Waals surface area contributed by atoms with Gasteiger partial charge < -0.3 is 0 Å². The summed E-state index contributed by atoms with van der Waals surface area (Å²) in [5.41, 5.74) is 2.02. The summed E-state index contributed by atoms with van der Waals surface area (Å²) in [6, 6.07) is 23.3. The molecule has 3 aromatic carbocycles. The Morgan fingerprint density at radius 2 is 1.03 bits per heavy atom. The molecule has 6 heteroatoms. The molecule has 0 spiro atoms. The van der Waals surface area contributed by atoms with Crippen molar-refractivity contribution < 1.29 is 18.0 Å². The molecule has 0 N–H and O–H groups in total. The molecule has 0 saturated heterocycles. The molecule has 1 aliphatic rings. The highest BCUT2D eigenvalue weighted by molar-refractivity contribution is 7.90. The van der Waals surface area contributed by atoms with Gasteiger partial charge in [-0.3, -0.25) is 9.59 Å². The molecule has 0 bridgehead atoms. The smallest absolute Gasteiger partial charge is 0.267 e. The molecule has 3 aromatic rings. The van der Waals surface area contributed by atoms with Crippen LogP contribution in [0.15, 0.2) is 89.8 Å². The number of carbonyl (C=O) groups is 2. The molecule has 0 radical (unpaired) electrons. The molecule has 0 saturated carbocycles. The lowest BCUT2D eigenvalue weighted by molar-refractivity contribution is -0.130. The molecule has 0 aliphatic carbocycles. The van der Waals surface area contributed by atoms with Crippen molar-refractivity contribution >= 4 is 33.0 Å². The summed E-state index contributed by atoms with van der Waals surface area (Å²) in [5, 5.41) is 0. The van der Waals surface area contributed by atoms with Gasteiger partial charge in [-0.25, -0.2) is 8.42 Å². The van der Waals surface area contributed by atoms with E-state index in [0.717, 1.165) is 5.56 Å². The third-order valence-electron chi connectivity index (χ3n) is 4.73. The van der Waals surface area contributed by atoms with Crippen LogP contribution in [-0.2, 0) is 19.6 Å². The van der Waals surface area contributed by atoms with Crippen LogP contribution in [0.4, 0.5) is 0 Å². The summed E-state index contributed by atoms with van der Waals surface area (Å²) in [7, 11) is -4.34. The first-order chi connectivity index (χ1) is 13.9. The molecule has 0 fully saturated rings. The fourth-order valence-corrected chi connectivity index (χ4v) is 4.60. The second-order valence-corrected chi connectivity index (χ2v) is 8.46. The summed E-state index contributed by atoms with van der Waals surface area (Å²) in [6.45, 7) is 1.82. The predicted octanol–water partition coefficient (Wildman–Crippen LogP) is 3.66. The van der Waals surface area contributed by atoms with E-state index in [0.29, 0.717) is 15.4 Å². The predicted molar refractivity (Wildman–Crippen MR) is 110 cm³/mol. The highest BCUT2D eigenvalue weighted by Gasteiger charge is 2.46. The fourth-order valence-electron chi connectivity index (χ4n) is 3.29. The highest BCUT2D eigenvalue weighted by Crippen LogP contribution is 2.38. The van der Waals surface area contributed by atoms with Crippen molar-refractivity contribution in [3.8, 4) is 0 Å². The lowest BCUT2D eigenvalue weighted by Gasteiger charge is -2.16. The Hall–Kier alpha value is -3.51. The van der Waals surface area contributed by atoms with Gasteiger partial charge in [0.25, 0.3) is 21.8 Å². The molecule has 1 heterocycles. The Morgan fingerprint density at radius 1 is 0.621 bits per heavy atom. The number of benzene rings is 3. The van der Waals surface area contributed by atoms with E-state index in [2.05, 4.69) is 0 Å². The van der Waals surface area contributed by atoms with Crippen LogP contribution in [0, 0.1) is 6.92 Å². The second kappa shape index (κ2) is 7.14. The molecule has 144 valence electrons. The maximum atomic E-state index is 13.3. The van der Waals surface area contributed by atoms with Gasteiger partial charge in [0, 0.05) is 0 Å². The molecule has 0 aromatic heterocycles. The van der Waals surface area contributed by atoms with Gasteiger partial charge in [-0.2, -0.15) is 4.31 Å². The molecular formula is C23H17NO4S. The van der Waals surface area contributed by atoms with Gasteiger partial charge in [-0.05, 0) is 30.2 Å². The van der Waals surface area contributed by atoms with E-state index in [-0.39, 0.29) is 16.0 Å². The third-order valence-corrected chi connectivity index (χ3v) is 6.41. The van der Waals surface area contributed by atoms with Crippen LogP contribution < -0.4 is 0 Å². The lowest BCUT2D eigenvalue weighted by atomic mass is 9.96. The molecule has 4 rings (SSSR count). The average molecular weight is 403 g/mol. The second-order valence-electron chi connectivity index (χ2n) is 6.67. The van der Waals surface area contributed by atoms with E-state index in [1.165, 1.54) is 12.1 Å². The van der Waals surface area contributed by atoms with Crippen LogP contribution in [-0.4, -0.2) is 24.5 Å². The minimum Gasteiger partial charge on any atom is -0.267 e. The Labute approximate surface area is 169 Å². The van der Waals surface area contributed by atoms with Gasteiger partial charge in [0.2, 0.25) is 0 Å². The topological polar surface area (TPSA) is 71.5 Å². The maximum Gasteiger partial charge on any atom is 0.276 e. The largest absolute Gasteiger partial charge is 0.276 e. The van der Waals surface area contributed by atoms with E-state index >= 15 is 0 Å². The number of hydrogen-bond donors (Lipinski definition) is 0. The molecule has 0 unspecified atom stereocenters. The maximum absolute atomic E-state index is 13.3. The van der Waals surface area contributed by atoms with E-state index in [4.69, 9.17) is 0 Å². The lowest BCUT2D eigenvalue weighted by Crippen LogP contribution is -2.37. The van der Waals surface area contributed by atoms with Crippen LogP contribution in [0.5, 0.6) is 0 Å². The van der Waals surface area contributed by atoms with E-state index in [1.54, 1.807) is 72.8 Å². The van der Waals surface area contributed by atoms with Crippen molar-refractivity contribution in [2.24, 2.45) is 0 Å². The monoisotopic (exact) mass is 403 g/mol. The van der Waals surface area contributed by atoms with E-state index in [1.807, 2.05) is 6.92 Å². The fraction of sp³-hybridized carbons (Fsp3) is 0.0435. The Kier molecular flexibility index (Phi) is 4.64. The van der Waals surface area contributed by atoms with E-state index in [9.17, 15) is 18.0 Å². The number of nitrogens with zero attached hydrogens (tertiary/aromatic N) is 1. The standard InChI is InChI=1S/C23H17NO4S/c1-16-12-14-19(15-13-16)29(27,28)24-22(25)20(17-8-4-2-5-9-17)21(23(24)26)18-10-6-3-7-11-18/h2-15H,1H3. The van der Waals surface area contributed by atoms with Crippen molar-refractivity contribution in [1.29, 1.82) is 0 Å². The number of amides is 2. The first-order valence-electron chi connectivity index (χ1n) is 8.97. The molecule has 29 heavy (non-hydrogen) atoms. The number of carbonyl (C=O) groups excluding carboxylic acids is 2. The van der Waals surface area contributed by atoms with Gasteiger partial charge in [0.05, 0.1) is 16.0 Å². The average Bonchev–Trinajstić information content (AvgIpc) is 3.00. The number of imide groups is 1. The molecule has 5 nitrogen and oxygen atoms in total. The van der Waals surface area contributed by atoms with Crippen LogP contribution in [0.3, 0.4) is 0 Å². The molecule has 1 aliphatic heterocycles. The summed E-state index contributed by atoms with van der Waals surface area (Å²) >= 11 is 0. The van der Waals surface area contributed by atoms with Crippen molar-refractivity contribution in [2.75, 3.05) is 0 Å². The van der Waals surface area contributed by atoms with Gasteiger partial charge in [0.15, 0.2) is 0 Å². The van der Waals surface area contributed by atoms with Crippen LogP contribution in [0.1, 0.15) is 16.7 Å². The summed E-state index contributed by atoms with van der Waals surface area (Å²) in [6.07, 6.45) is 0. The van der Waals surface area contributed by atoms with Gasteiger partial charge in [-0.15, -0.1) is 0 Å². The zero-order chi connectivity index (χ0) is 20.6. The van der Waals surface area contributed by atoms with Crippen molar-refractivity contribution in [3.05, 3.63) is 102 Å². The summed E-state index contributed by atoms with van der Waals surface area (Å²) in [5.74, 6) is -1.69. The van der Waals surface area contributed by atoms with Gasteiger partial charge >= 0.3 is 0 Å². The number of sulfonamides is 1. The normalized spacial score (nSPS) is 14.6. The van der Waals surface area contributed by atoms with E-state index < -0.39 is 21.8 Å². The molecule has 2 amide bonds. The molecular weight excluding hydrogens is 386 g/mol. The minimum absolute atomic E-state index is 0.0810. The van der Waals surface area contributed by atoms with Crippen LogP contribution in [0.2, 0.25) is 0 Å². The Bertz CT molecular complexity index is 1170.